The standard InChI is InChI=1S/C26H30N2O3/c1-26(2,3)31-25(30)28-18-17-23(19-28)27-24(29)22-15-9-13-21(14-10-16-22)20-11-7-5-4-6-8-12-20/h4-16,23H,17-19H2,1-3H3,(H,27,29)/b5-4-,6-4?,7-5?,8-6-,11-7?,12-8?,13-9-,14-10?,15-9?,16-10?,20-11?,20-12-,21-13?,21-14+,22-15?,22-16?/t23-/m1/s1. The lowest BCUT2D eigenvalue weighted by atomic mass is 10.0. The van der Waals surface area contributed by atoms with E-state index < -0.39 is 5.60 Å². The minimum atomic E-state index is -0.527. The Morgan fingerprint density at radius 2 is 1.55 bits per heavy atom. The predicted octanol–water partition coefficient (Wildman–Crippen LogP) is 4.70. The molecule has 1 aliphatic heterocycles. The molecular formula is C26H30N2O3. The molecule has 5 nitrogen and oxygen atoms in total. The van der Waals surface area contributed by atoms with Gasteiger partial charge in [-0.1, -0.05) is 66.8 Å². The number of carbonyl (C=O) groups excluding carboxylic acids is 2. The van der Waals surface area contributed by atoms with Crippen LogP contribution in [0, 0.1) is 0 Å². The second kappa shape index (κ2) is 10.1. The van der Waals surface area contributed by atoms with Crippen LogP contribution in [0.4, 0.5) is 4.79 Å². The van der Waals surface area contributed by atoms with Gasteiger partial charge < -0.3 is 15.0 Å². The third kappa shape index (κ3) is 6.85. The Balaban J connectivity index is 1.57. The summed E-state index contributed by atoms with van der Waals surface area (Å²) in [5.74, 6) is -0.146. The van der Waals surface area contributed by atoms with Crippen molar-refractivity contribution in [3.8, 4) is 0 Å². The summed E-state index contributed by atoms with van der Waals surface area (Å²) in [4.78, 5) is 26.6. The lowest BCUT2D eigenvalue weighted by molar-refractivity contribution is -0.117. The number of nitrogens with zero attached hydrogens (tertiary/aromatic N) is 1. The maximum Gasteiger partial charge on any atom is 0.410 e. The van der Waals surface area contributed by atoms with Crippen molar-refractivity contribution in [2.75, 3.05) is 13.1 Å². The average Bonchev–Trinajstić information content (AvgIpc) is 3.09. The molecule has 3 rings (SSSR count). The number of carbonyl (C=O) groups is 2. The molecule has 2 amide bonds. The Labute approximate surface area is 184 Å². The molecule has 31 heavy (non-hydrogen) atoms. The molecule has 0 radical (unpaired) electrons. The number of hydrogen-bond donors (Lipinski definition) is 1. The maximum atomic E-state index is 12.7. The minimum Gasteiger partial charge on any atom is -0.444 e. The second-order valence-corrected chi connectivity index (χ2v) is 8.60. The molecule has 1 N–H and O–H groups in total. The number of ether oxygens (including phenoxy) is 1. The monoisotopic (exact) mass is 418 g/mol. The van der Waals surface area contributed by atoms with Crippen molar-refractivity contribution in [1.29, 1.82) is 0 Å². The number of rotatable bonds is 3. The molecule has 0 aromatic carbocycles. The summed E-state index contributed by atoms with van der Waals surface area (Å²) in [6.45, 7) is 6.57. The Kier molecular flexibility index (Phi) is 7.29. The Morgan fingerprint density at radius 1 is 0.903 bits per heavy atom. The summed E-state index contributed by atoms with van der Waals surface area (Å²) < 4.78 is 5.42. The van der Waals surface area contributed by atoms with Crippen molar-refractivity contribution in [1.82, 2.24) is 10.2 Å². The third-order valence-corrected chi connectivity index (χ3v) is 4.87. The Morgan fingerprint density at radius 3 is 2.32 bits per heavy atom. The highest BCUT2D eigenvalue weighted by Gasteiger charge is 2.30. The molecule has 2 aliphatic carbocycles. The molecule has 0 spiro atoms. The van der Waals surface area contributed by atoms with Crippen LogP contribution in [0.3, 0.4) is 0 Å². The van der Waals surface area contributed by atoms with Crippen LogP contribution >= 0.6 is 0 Å². The van der Waals surface area contributed by atoms with E-state index in [1.165, 1.54) is 0 Å². The van der Waals surface area contributed by atoms with E-state index in [9.17, 15) is 9.59 Å². The van der Waals surface area contributed by atoms with Gasteiger partial charge in [0, 0.05) is 24.7 Å². The van der Waals surface area contributed by atoms with Gasteiger partial charge in [-0.3, -0.25) is 4.79 Å². The molecule has 162 valence electrons. The van der Waals surface area contributed by atoms with Crippen molar-refractivity contribution < 1.29 is 14.3 Å². The summed E-state index contributed by atoms with van der Waals surface area (Å²) >= 11 is 0. The first-order chi connectivity index (χ1) is 14.8. The van der Waals surface area contributed by atoms with Crippen molar-refractivity contribution in [3.63, 3.8) is 0 Å². The van der Waals surface area contributed by atoms with E-state index in [4.69, 9.17) is 4.74 Å². The first kappa shape index (κ1) is 22.3. The molecule has 0 aromatic rings. The SMILES string of the molecule is CC(C)(C)OC(=O)N1CC[C@@H](NC(=O)C2=C\C=C/C(/C3=C\C=C/C=C\C=C3)=C\C=C2)C1. The summed E-state index contributed by atoms with van der Waals surface area (Å²) in [7, 11) is 0. The van der Waals surface area contributed by atoms with E-state index in [1.54, 1.807) is 4.90 Å². The predicted molar refractivity (Wildman–Crippen MR) is 124 cm³/mol. The topological polar surface area (TPSA) is 58.6 Å². The van der Waals surface area contributed by atoms with Gasteiger partial charge in [0.2, 0.25) is 0 Å². The van der Waals surface area contributed by atoms with E-state index in [1.807, 2.05) is 87.6 Å². The molecule has 0 aromatic heterocycles. The molecule has 0 saturated carbocycles. The van der Waals surface area contributed by atoms with Crippen molar-refractivity contribution in [2.45, 2.75) is 38.8 Å². The number of likely N-dealkylation sites (tertiary alicyclic amines) is 1. The van der Waals surface area contributed by atoms with Gasteiger partial charge in [-0.25, -0.2) is 4.79 Å². The average molecular weight is 419 g/mol. The summed E-state index contributed by atoms with van der Waals surface area (Å²) in [5, 5.41) is 3.03. The number of amides is 2. The maximum absolute atomic E-state index is 12.7. The van der Waals surface area contributed by atoms with Gasteiger partial charge in [-0.15, -0.1) is 0 Å². The van der Waals surface area contributed by atoms with E-state index >= 15 is 0 Å². The largest absolute Gasteiger partial charge is 0.444 e. The number of hydrogen-bond acceptors (Lipinski definition) is 3. The number of nitrogens with one attached hydrogen (secondary N) is 1. The van der Waals surface area contributed by atoms with Gasteiger partial charge in [0.15, 0.2) is 0 Å². The summed E-state index contributed by atoms with van der Waals surface area (Å²) in [6.07, 6.45) is 25.8. The van der Waals surface area contributed by atoms with Gasteiger partial charge in [-0.05, 0) is 50.5 Å². The van der Waals surface area contributed by atoms with Gasteiger partial charge in [0.25, 0.3) is 5.91 Å². The normalized spacial score (nSPS) is 27.3. The molecule has 0 unspecified atom stereocenters. The van der Waals surface area contributed by atoms with E-state index in [2.05, 4.69) is 17.5 Å². The van der Waals surface area contributed by atoms with E-state index in [-0.39, 0.29) is 18.0 Å². The fourth-order valence-electron chi connectivity index (χ4n) is 3.36. The zero-order valence-corrected chi connectivity index (χ0v) is 18.4. The highest BCUT2D eigenvalue weighted by Crippen LogP contribution is 2.19. The van der Waals surface area contributed by atoms with Crippen LogP contribution in [-0.2, 0) is 9.53 Å². The quantitative estimate of drug-likeness (QED) is 0.723. The lowest BCUT2D eigenvalue weighted by Crippen LogP contribution is -2.40. The zero-order valence-electron chi connectivity index (χ0n) is 18.4. The van der Waals surface area contributed by atoms with Crippen LogP contribution in [0.5, 0.6) is 0 Å². The van der Waals surface area contributed by atoms with E-state index in [0.29, 0.717) is 25.1 Å². The van der Waals surface area contributed by atoms with Crippen LogP contribution in [0.1, 0.15) is 27.2 Å². The summed E-state index contributed by atoms with van der Waals surface area (Å²) in [6, 6.07) is -0.0834. The molecule has 5 heteroatoms. The molecule has 0 bridgehead atoms. The smallest absolute Gasteiger partial charge is 0.410 e. The molecular weight excluding hydrogens is 388 g/mol. The lowest BCUT2D eigenvalue weighted by Gasteiger charge is -2.24. The zero-order chi connectivity index (χ0) is 22.3. The van der Waals surface area contributed by atoms with Gasteiger partial charge in [0.1, 0.15) is 5.60 Å². The Hall–Kier alpha value is -3.34. The fourth-order valence-corrected chi connectivity index (χ4v) is 3.36. The van der Waals surface area contributed by atoms with Crippen LogP contribution < -0.4 is 5.32 Å². The second-order valence-electron chi connectivity index (χ2n) is 8.60. The van der Waals surface area contributed by atoms with Crippen molar-refractivity contribution >= 4 is 12.0 Å². The van der Waals surface area contributed by atoms with Gasteiger partial charge in [0.05, 0.1) is 0 Å². The van der Waals surface area contributed by atoms with Crippen LogP contribution in [-0.4, -0.2) is 41.6 Å². The van der Waals surface area contributed by atoms with Gasteiger partial charge >= 0.3 is 6.09 Å². The first-order valence-corrected chi connectivity index (χ1v) is 10.6. The van der Waals surface area contributed by atoms with Crippen LogP contribution in [0.25, 0.3) is 0 Å². The third-order valence-electron chi connectivity index (χ3n) is 4.87. The molecule has 1 fully saturated rings. The number of allylic oxidation sites excluding steroid dienone is 14. The molecule has 1 heterocycles. The fraction of sp³-hybridized carbons (Fsp3) is 0.308. The van der Waals surface area contributed by atoms with Crippen molar-refractivity contribution in [3.05, 3.63) is 95.7 Å². The highest BCUT2D eigenvalue weighted by molar-refractivity contribution is 5.97. The van der Waals surface area contributed by atoms with Gasteiger partial charge in [-0.2, -0.15) is 0 Å². The summed E-state index contributed by atoms with van der Waals surface area (Å²) in [5.41, 5.74) is 2.20. The van der Waals surface area contributed by atoms with Crippen LogP contribution in [0.2, 0.25) is 0 Å². The highest BCUT2D eigenvalue weighted by atomic mass is 16.6. The first-order valence-electron chi connectivity index (χ1n) is 10.6. The minimum absolute atomic E-state index is 0.0834. The van der Waals surface area contributed by atoms with Crippen molar-refractivity contribution in [2.24, 2.45) is 0 Å². The molecule has 3 aliphatic rings. The molecule has 1 saturated heterocycles. The van der Waals surface area contributed by atoms with E-state index in [0.717, 1.165) is 11.1 Å². The van der Waals surface area contributed by atoms with Crippen LogP contribution in [0.15, 0.2) is 95.7 Å². The Bertz CT molecular complexity index is 950. The molecule has 1 atom stereocenters.